The Morgan fingerprint density at radius 3 is 2.73 bits per heavy atom. The quantitative estimate of drug-likeness (QED) is 0.584. The van der Waals surface area contributed by atoms with E-state index in [9.17, 15) is 4.79 Å². The first-order chi connectivity index (χ1) is 5.22. The van der Waals surface area contributed by atoms with Gasteiger partial charge in [-0.2, -0.15) is 0 Å². The summed E-state index contributed by atoms with van der Waals surface area (Å²) >= 11 is 5.25. The van der Waals surface area contributed by atoms with Gasteiger partial charge in [-0.1, -0.05) is 6.92 Å². The normalized spacial score (nSPS) is 13.0. The standard InChI is InChI=1S/C7H14ClNO2/c1-2-4-9-6(3-5-10)7(8)11/h6,9-10H,2-5H2,1H3. The Morgan fingerprint density at radius 2 is 2.36 bits per heavy atom. The van der Waals surface area contributed by atoms with Crippen LogP contribution in [0.25, 0.3) is 0 Å². The monoisotopic (exact) mass is 179 g/mol. The number of aliphatic hydroxyl groups excluding tert-OH is 1. The van der Waals surface area contributed by atoms with Crippen LogP contribution >= 0.6 is 11.6 Å². The third kappa shape index (κ3) is 5.18. The fourth-order valence-electron chi connectivity index (χ4n) is 0.743. The lowest BCUT2D eigenvalue weighted by Gasteiger charge is -2.11. The van der Waals surface area contributed by atoms with Crippen LogP contribution in [0.4, 0.5) is 0 Å². The van der Waals surface area contributed by atoms with Crippen LogP contribution in [0.2, 0.25) is 0 Å². The molecule has 0 saturated carbocycles. The van der Waals surface area contributed by atoms with Gasteiger partial charge in [0, 0.05) is 6.61 Å². The molecule has 0 aliphatic carbocycles. The van der Waals surface area contributed by atoms with Crippen molar-refractivity contribution in [2.45, 2.75) is 25.8 Å². The second-order valence-corrected chi connectivity index (χ2v) is 2.70. The molecule has 0 heterocycles. The number of halogens is 1. The topological polar surface area (TPSA) is 49.3 Å². The van der Waals surface area contributed by atoms with Crippen molar-refractivity contribution in [1.29, 1.82) is 0 Å². The maximum Gasteiger partial charge on any atom is 0.238 e. The van der Waals surface area contributed by atoms with Gasteiger partial charge in [-0.05, 0) is 31.0 Å². The second-order valence-electron chi connectivity index (χ2n) is 2.32. The van der Waals surface area contributed by atoms with E-state index in [0.717, 1.165) is 13.0 Å². The minimum atomic E-state index is -0.424. The lowest BCUT2D eigenvalue weighted by Crippen LogP contribution is -2.35. The Hall–Kier alpha value is -0.120. The summed E-state index contributed by atoms with van der Waals surface area (Å²) in [5, 5.41) is 11.0. The Labute approximate surface area is 71.7 Å². The van der Waals surface area contributed by atoms with E-state index < -0.39 is 5.24 Å². The minimum Gasteiger partial charge on any atom is -0.396 e. The van der Waals surface area contributed by atoms with Gasteiger partial charge in [0.25, 0.3) is 0 Å². The molecule has 0 spiro atoms. The predicted octanol–water partition coefficient (Wildman–Crippen LogP) is 0.502. The van der Waals surface area contributed by atoms with Crippen molar-refractivity contribution in [2.75, 3.05) is 13.2 Å². The van der Waals surface area contributed by atoms with Gasteiger partial charge in [0.1, 0.15) is 0 Å². The Kier molecular flexibility index (Phi) is 6.51. The summed E-state index contributed by atoms with van der Waals surface area (Å²) < 4.78 is 0. The fourth-order valence-corrected chi connectivity index (χ4v) is 0.930. The number of nitrogens with one attached hydrogen (secondary N) is 1. The average molecular weight is 180 g/mol. The molecule has 4 heteroatoms. The lowest BCUT2D eigenvalue weighted by atomic mass is 10.2. The molecule has 0 bridgehead atoms. The zero-order chi connectivity index (χ0) is 8.69. The van der Waals surface area contributed by atoms with Gasteiger partial charge in [0.15, 0.2) is 0 Å². The molecule has 0 aromatic heterocycles. The summed E-state index contributed by atoms with van der Waals surface area (Å²) in [6, 6.07) is -0.387. The third-order valence-corrected chi connectivity index (χ3v) is 1.60. The largest absolute Gasteiger partial charge is 0.396 e. The van der Waals surface area contributed by atoms with E-state index in [1.165, 1.54) is 0 Å². The third-order valence-electron chi connectivity index (χ3n) is 1.33. The van der Waals surface area contributed by atoms with Crippen LogP contribution in [0.5, 0.6) is 0 Å². The van der Waals surface area contributed by atoms with E-state index in [0.29, 0.717) is 6.42 Å². The van der Waals surface area contributed by atoms with E-state index in [2.05, 4.69) is 5.32 Å². The molecule has 0 aliphatic rings. The minimum absolute atomic E-state index is 0.0140. The van der Waals surface area contributed by atoms with Crippen molar-refractivity contribution in [3.8, 4) is 0 Å². The first-order valence-electron chi connectivity index (χ1n) is 3.76. The summed E-state index contributed by atoms with van der Waals surface area (Å²) in [6.07, 6.45) is 1.34. The number of hydrogen-bond donors (Lipinski definition) is 2. The molecule has 0 rings (SSSR count). The molecule has 0 saturated heterocycles. The Bertz CT molecular complexity index is 119. The first-order valence-corrected chi connectivity index (χ1v) is 4.13. The highest BCUT2D eigenvalue weighted by molar-refractivity contribution is 6.64. The number of carbonyl (C=O) groups excluding carboxylic acids is 1. The molecule has 3 nitrogen and oxygen atoms in total. The van der Waals surface area contributed by atoms with Gasteiger partial charge >= 0.3 is 0 Å². The highest BCUT2D eigenvalue weighted by atomic mass is 35.5. The molecule has 0 fully saturated rings. The second kappa shape index (κ2) is 6.58. The number of rotatable bonds is 6. The number of hydrogen-bond acceptors (Lipinski definition) is 3. The van der Waals surface area contributed by atoms with Gasteiger partial charge in [-0.15, -0.1) is 0 Å². The average Bonchev–Trinajstić information content (AvgIpc) is 1.97. The molecule has 0 aromatic carbocycles. The predicted molar refractivity (Wildman–Crippen MR) is 44.6 cm³/mol. The smallest absolute Gasteiger partial charge is 0.238 e. The zero-order valence-electron chi connectivity index (χ0n) is 6.64. The molecule has 11 heavy (non-hydrogen) atoms. The zero-order valence-corrected chi connectivity index (χ0v) is 7.40. The SMILES string of the molecule is CCCNC(CCO)C(=O)Cl. The molecular weight excluding hydrogens is 166 g/mol. The van der Waals surface area contributed by atoms with Crippen LogP contribution < -0.4 is 5.32 Å². The first kappa shape index (κ1) is 10.9. The van der Waals surface area contributed by atoms with Crippen molar-refractivity contribution in [2.24, 2.45) is 0 Å². The summed E-state index contributed by atoms with van der Waals surface area (Å²) in [7, 11) is 0. The van der Waals surface area contributed by atoms with Crippen molar-refractivity contribution < 1.29 is 9.90 Å². The van der Waals surface area contributed by atoms with Crippen LogP contribution in [0, 0.1) is 0 Å². The van der Waals surface area contributed by atoms with E-state index in [1.807, 2.05) is 6.92 Å². The van der Waals surface area contributed by atoms with Crippen molar-refractivity contribution in [1.82, 2.24) is 5.32 Å². The molecule has 1 atom stereocenters. The van der Waals surface area contributed by atoms with Crippen LogP contribution in [0.1, 0.15) is 19.8 Å². The summed E-state index contributed by atoms with van der Waals surface area (Å²) in [5.74, 6) is 0. The Balaban J connectivity index is 3.60. The van der Waals surface area contributed by atoms with E-state index in [4.69, 9.17) is 16.7 Å². The summed E-state index contributed by atoms with van der Waals surface area (Å²) in [5.41, 5.74) is 0. The van der Waals surface area contributed by atoms with Crippen LogP contribution in [-0.4, -0.2) is 29.5 Å². The van der Waals surface area contributed by atoms with Gasteiger partial charge < -0.3 is 10.4 Å². The van der Waals surface area contributed by atoms with Crippen molar-refractivity contribution in [3.05, 3.63) is 0 Å². The van der Waals surface area contributed by atoms with Crippen molar-refractivity contribution in [3.63, 3.8) is 0 Å². The molecule has 2 N–H and O–H groups in total. The Morgan fingerprint density at radius 1 is 1.73 bits per heavy atom. The van der Waals surface area contributed by atoms with Gasteiger partial charge in [-0.3, -0.25) is 4.79 Å². The fraction of sp³-hybridized carbons (Fsp3) is 0.857. The molecule has 66 valence electrons. The molecular formula is C7H14ClNO2. The molecule has 1 unspecified atom stereocenters. The summed E-state index contributed by atoms with van der Waals surface area (Å²) in [6.45, 7) is 2.74. The van der Waals surface area contributed by atoms with Crippen molar-refractivity contribution >= 4 is 16.8 Å². The van der Waals surface area contributed by atoms with E-state index in [1.54, 1.807) is 0 Å². The highest BCUT2D eigenvalue weighted by Gasteiger charge is 2.13. The molecule has 0 aromatic rings. The number of carbonyl (C=O) groups is 1. The van der Waals surface area contributed by atoms with Gasteiger partial charge in [0.05, 0.1) is 6.04 Å². The summed E-state index contributed by atoms with van der Waals surface area (Å²) in [4.78, 5) is 10.6. The molecule has 0 amide bonds. The van der Waals surface area contributed by atoms with Gasteiger partial charge in [0.2, 0.25) is 5.24 Å². The molecule has 0 radical (unpaired) electrons. The van der Waals surface area contributed by atoms with Gasteiger partial charge in [-0.25, -0.2) is 0 Å². The maximum atomic E-state index is 10.6. The maximum absolute atomic E-state index is 10.6. The van der Waals surface area contributed by atoms with Crippen LogP contribution in [-0.2, 0) is 4.79 Å². The van der Waals surface area contributed by atoms with Crippen LogP contribution in [0.3, 0.4) is 0 Å². The van der Waals surface area contributed by atoms with E-state index >= 15 is 0 Å². The van der Waals surface area contributed by atoms with Crippen LogP contribution in [0.15, 0.2) is 0 Å². The lowest BCUT2D eigenvalue weighted by molar-refractivity contribution is -0.113. The number of aliphatic hydroxyl groups is 1. The highest BCUT2D eigenvalue weighted by Crippen LogP contribution is 1.96. The molecule has 0 aliphatic heterocycles. The van der Waals surface area contributed by atoms with E-state index in [-0.39, 0.29) is 12.6 Å².